The van der Waals surface area contributed by atoms with Crippen LogP contribution in [0.15, 0.2) is 47.5 Å². The van der Waals surface area contributed by atoms with Gasteiger partial charge in [0.2, 0.25) is 0 Å². The maximum Gasteiger partial charge on any atom is 0.347 e. The summed E-state index contributed by atoms with van der Waals surface area (Å²) in [4.78, 5) is 15.0. The Hall–Kier alpha value is -2.58. The number of benzene rings is 1. The maximum atomic E-state index is 11.4. The fourth-order valence-electron chi connectivity index (χ4n) is 1.60. The van der Waals surface area contributed by atoms with E-state index in [-0.39, 0.29) is 12.3 Å². The van der Waals surface area contributed by atoms with Crippen LogP contribution in [0.25, 0.3) is 0 Å². The highest BCUT2D eigenvalue weighted by Crippen LogP contribution is 2.11. The second-order valence-electron chi connectivity index (χ2n) is 3.93. The average molecular weight is 270 g/mol. The van der Waals surface area contributed by atoms with Crippen LogP contribution in [-0.4, -0.2) is 27.9 Å². The van der Waals surface area contributed by atoms with E-state index in [0.29, 0.717) is 18.9 Å². The zero-order valence-corrected chi connectivity index (χ0v) is 10.8. The Morgan fingerprint density at radius 2 is 2.10 bits per heavy atom. The molecule has 0 radical (unpaired) electrons. The van der Waals surface area contributed by atoms with Crippen LogP contribution in [0.2, 0.25) is 0 Å². The Balaban J connectivity index is 1.88. The van der Waals surface area contributed by atoms with Gasteiger partial charge in [0.1, 0.15) is 19.0 Å². The number of rotatable bonds is 4. The second-order valence-corrected chi connectivity index (χ2v) is 3.93. The van der Waals surface area contributed by atoms with Crippen molar-refractivity contribution in [1.82, 2.24) is 9.55 Å². The molecule has 1 N–H and O–H groups in total. The normalized spacial score (nSPS) is 9.65. The third-order valence-electron chi connectivity index (χ3n) is 2.55. The van der Waals surface area contributed by atoms with Crippen LogP contribution in [0, 0.1) is 11.8 Å². The minimum absolute atomic E-state index is 0.155. The summed E-state index contributed by atoms with van der Waals surface area (Å²) < 4.78 is 7.03. The molecule has 0 spiro atoms. The smallest absolute Gasteiger partial charge is 0.347 e. The van der Waals surface area contributed by atoms with Gasteiger partial charge in [-0.25, -0.2) is 9.78 Å². The topological polar surface area (TPSA) is 64.4 Å². The summed E-state index contributed by atoms with van der Waals surface area (Å²) in [6, 6.07) is 8.93. The first-order valence-corrected chi connectivity index (χ1v) is 6.13. The summed E-state index contributed by atoms with van der Waals surface area (Å²) in [5.41, 5.74) is 0.528. The molecule has 102 valence electrons. The van der Waals surface area contributed by atoms with Crippen LogP contribution >= 0.6 is 0 Å². The molecule has 5 heteroatoms. The molecule has 5 nitrogen and oxygen atoms in total. The van der Waals surface area contributed by atoms with Crippen LogP contribution in [0.5, 0.6) is 5.75 Å². The van der Waals surface area contributed by atoms with Crippen molar-refractivity contribution in [3.05, 3.63) is 58.8 Å². The quantitative estimate of drug-likeness (QED) is 0.829. The monoisotopic (exact) mass is 270 g/mol. The number of aromatic nitrogens is 2. The fraction of sp³-hybridized carbons (Fsp3) is 0.200. The van der Waals surface area contributed by atoms with Crippen LogP contribution in [0.4, 0.5) is 0 Å². The van der Waals surface area contributed by atoms with Gasteiger partial charge < -0.3 is 9.84 Å². The molecule has 20 heavy (non-hydrogen) atoms. The first-order valence-electron chi connectivity index (χ1n) is 6.13. The summed E-state index contributed by atoms with van der Waals surface area (Å²) >= 11 is 0. The van der Waals surface area contributed by atoms with Crippen molar-refractivity contribution in [2.75, 3.05) is 13.2 Å². The predicted molar refractivity (Wildman–Crippen MR) is 74.4 cm³/mol. The molecular weight excluding hydrogens is 256 g/mol. The maximum absolute atomic E-state index is 11.4. The van der Waals surface area contributed by atoms with Crippen molar-refractivity contribution < 1.29 is 9.84 Å². The van der Waals surface area contributed by atoms with Crippen molar-refractivity contribution in [2.24, 2.45) is 0 Å². The molecule has 0 unspecified atom stereocenters. The molecule has 0 saturated carbocycles. The molecule has 0 bridgehead atoms. The summed E-state index contributed by atoms with van der Waals surface area (Å²) in [5.74, 6) is 6.08. The van der Waals surface area contributed by atoms with Gasteiger partial charge >= 0.3 is 5.69 Å². The van der Waals surface area contributed by atoms with E-state index < -0.39 is 0 Å². The molecule has 0 saturated heterocycles. The summed E-state index contributed by atoms with van der Waals surface area (Å²) in [6.07, 6.45) is 3.14. The zero-order valence-electron chi connectivity index (χ0n) is 10.8. The van der Waals surface area contributed by atoms with Crippen molar-refractivity contribution in [1.29, 1.82) is 0 Å². The van der Waals surface area contributed by atoms with E-state index in [9.17, 15) is 4.79 Å². The fourth-order valence-corrected chi connectivity index (χ4v) is 1.60. The Bertz CT molecular complexity index is 666. The molecule has 1 heterocycles. The molecule has 1 aromatic heterocycles. The standard InChI is InChI=1S/C15H14N2O3/c18-11-1-3-13-4-6-14(7-5-13)20-12-10-17-9-2-8-16-15(17)19/h2,4-9,18H,10-12H2. The van der Waals surface area contributed by atoms with Crippen LogP contribution in [0.1, 0.15) is 5.56 Å². The van der Waals surface area contributed by atoms with Gasteiger partial charge in [0.25, 0.3) is 0 Å². The Morgan fingerprint density at radius 1 is 1.30 bits per heavy atom. The van der Waals surface area contributed by atoms with Crippen molar-refractivity contribution in [2.45, 2.75) is 6.54 Å². The van der Waals surface area contributed by atoms with Gasteiger partial charge in [-0.05, 0) is 30.3 Å². The lowest BCUT2D eigenvalue weighted by molar-refractivity contribution is 0.295. The van der Waals surface area contributed by atoms with Gasteiger partial charge in [0.15, 0.2) is 0 Å². The van der Waals surface area contributed by atoms with Gasteiger partial charge in [-0.2, -0.15) is 0 Å². The molecule has 0 aliphatic heterocycles. The zero-order chi connectivity index (χ0) is 14.2. The Kier molecular flexibility index (Phi) is 4.93. The van der Waals surface area contributed by atoms with E-state index in [1.165, 1.54) is 10.8 Å². The second kappa shape index (κ2) is 7.12. The van der Waals surface area contributed by atoms with Crippen molar-refractivity contribution in [3.8, 4) is 17.6 Å². The average Bonchev–Trinajstić information content (AvgIpc) is 2.48. The van der Waals surface area contributed by atoms with Crippen molar-refractivity contribution >= 4 is 0 Å². The van der Waals surface area contributed by atoms with E-state index >= 15 is 0 Å². The lowest BCUT2D eigenvalue weighted by Crippen LogP contribution is -2.24. The lowest BCUT2D eigenvalue weighted by Gasteiger charge is -2.07. The first-order chi connectivity index (χ1) is 9.79. The third-order valence-corrected chi connectivity index (χ3v) is 2.55. The Labute approximate surface area is 116 Å². The lowest BCUT2D eigenvalue weighted by atomic mass is 10.2. The number of hydrogen-bond acceptors (Lipinski definition) is 4. The number of aliphatic hydroxyl groups is 1. The van der Waals surface area contributed by atoms with E-state index in [2.05, 4.69) is 16.8 Å². The number of nitrogens with zero attached hydrogens (tertiary/aromatic N) is 2. The molecule has 1 aromatic carbocycles. The minimum atomic E-state index is -0.286. The van der Waals surface area contributed by atoms with Crippen LogP contribution in [-0.2, 0) is 6.54 Å². The van der Waals surface area contributed by atoms with Crippen molar-refractivity contribution in [3.63, 3.8) is 0 Å². The SMILES string of the molecule is O=c1ncccn1CCOc1ccc(C#CCO)cc1. The Morgan fingerprint density at radius 3 is 2.80 bits per heavy atom. The van der Waals surface area contributed by atoms with Gasteiger partial charge in [0, 0.05) is 18.0 Å². The number of hydrogen-bond donors (Lipinski definition) is 1. The van der Waals surface area contributed by atoms with E-state index in [0.717, 1.165) is 5.56 Å². The third kappa shape index (κ3) is 3.97. The van der Waals surface area contributed by atoms with E-state index in [1.807, 2.05) is 12.1 Å². The van der Waals surface area contributed by atoms with E-state index in [1.54, 1.807) is 24.4 Å². The summed E-state index contributed by atoms with van der Waals surface area (Å²) in [5, 5.41) is 8.60. The molecule has 0 atom stereocenters. The minimum Gasteiger partial charge on any atom is -0.492 e. The highest BCUT2D eigenvalue weighted by molar-refractivity contribution is 5.38. The molecular formula is C15H14N2O3. The molecule has 0 amide bonds. The molecule has 0 aliphatic rings. The largest absolute Gasteiger partial charge is 0.492 e. The first kappa shape index (κ1) is 13.8. The highest BCUT2D eigenvalue weighted by Gasteiger charge is 1.97. The summed E-state index contributed by atoms with van der Waals surface area (Å²) in [6.45, 7) is 0.671. The van der Waals surface area contributed by atoms with Crippen LogP contribution in [0.3, 0.4) is 0 Å². The molecule has 0 fully saturated rings. The van der Waals surface area contributed by atoms with Gasteiger partial charge in [-0.15, -0.1) is 0 Å². The molecule has 2 aromatic rings. The highest BCUT2D eigenvalue weighted by atomic mass is 16.5. The molecule has 2 rings (SSSR count). The van der Waals surface area contributed by atoms with Gasteiger partial charge in [0.05, 0.1) is 6.54 Å². The number of aliphatic hydroxyl groups excluding tert-OH is 1. The van der Waals surface area contributed by atoms with Gasteiger partial charge in [-0.1, -0.05) is 11.8 Å². The molecule has 0 aliphatic carbocycles. The summed E-state index contributed by atoms with van der Waals surface area (Å²) in [7, 11) is 0. The van der Waals surface area contributed by atoms with Crippen LogP contribution < -0.4 is 10.4 Å². The van der Waals surface area contributed by atoms with Gasteiger partial charge in [-0.3, -0.25) is 4.57 Å². The van der Waals surface area contributed by atoms with E-state index in [4.69, 9.17) is 9.84 Å². The number of ether oxygens (including phenoxy) is 1. The predicted octanol–water partition coefficient (Wildman–Crippen LogP) is 0.666.